The number of hydrogen-bond acceptors (Lipinski definition) is 4. The van der Waals surface area contributed by atoms with Gasteiger partial charge in [0.25, 0.3) is 0 Å². The summed E-state index contributed by atoms with van der Waals surface area (Å²) in [5.74, 6) is 2.32. The van der Waals surface area contributed by atoms with Crippen LogP contribution < -0.4 is 9.47 Å². The molecule has 2 atom stereocenters. The zero-order valence-electron chi connectivity index (χ0n) is 18.5. The molecule has 32 heavy (non-hydrogen) atoms. The van der Waals surface area contributed by atoms with E-state index in [0.717, 1.165) is 36.6 Å². The molecule has 0 radical (unpaired) electrons. The molecule has 0 bridgehead atoms. The molecule has 0 spiro atoms. The molecule has 2 aliphatic rings. The van der Waals surface area contributed by atoms with Gasteiger partial charge in [0.2, 0.25) is 0 Å². The van der Waals surface area contributed by atoms with Crippen molar-refractivity contribution < 1.29 is 14.6 Å². The minimum absolute atomic E-state index is 0.109. The Balaban J connectivity index is 1.34. The number of nitrogens with zero attached hydrogens (tertiary/aromatic N) is 1. The first kappa shape index (κ1) is 20.9. The second-order valence-corrected chi connectivity index (χ2v) is 8.85. The first-order chi connectivity index (χ1) is 15.8. The molecule has 3 aromatic carbocycles. The molecule has 0 saturated carbocycles. The van der Waals surface area contributed by atoms with Gasteiger partial charge in [-0.3, -0.25) is 0 Å². The van der Waals surface area contributed by atoms with Crippen molar-refractivity contribution in [1.29, 1.82) is 0 Å². The van der Waals surface area contributed by atoms with E-state index in [1.165, 1.54) is 37.1 Å². The third-order valence-electron chi connectivity index (χ3n) is 6.70. The lowest BCUT2D eigenvalue weighted by Crippen LogP contribution is -2.25. The molecule has 0 aromatic heterocycles. The highest BCUT2D eigenvalue weighted by Gasteiger charge is 2.33. The van der Waals surface area contributed by atoms with Gasteiger partial charge < -0.3 is 19.5 Å². The molecular formula is C28H31NO3. The van der Waals surface area contributed by atoms with Crippen molar-refractivity contribution >= 4 is 0 Å². The summed E-state index contributed by atoms with van der Waals surface area (Å²) in [6.07, 6.45) is 3.73. The van der Waals surface area contributed by atoms with Crippen molar-refractivity contribution in [2.24, 2.45) is 0 Å². The number of ether oxygens (including phenoxy) is 2. The van der Waals surface area contributed by atoms with E-state index in [1.54, 1.807) is 6.07 Å². The zero-order valence-corrected chi connectivity index (χ0v) is 18.5. The number of likely N-dealkylation sites (tertiary alicyclic amines) is 1. The SMILES string of the molecule is Oc1ccc2c(c1)[C@H](c1ccc(OCCCN3CCCC3)cc1)[C@@H](c1ccccc1)CO2. The first-order valence-corrected chi connectivity index (χ1v) is 11.7. The van der Waals surface area contributed by atoms with E-state index in [9.17, 15) is 5.11 Å². The second-order valence-electron chi connectivity index (χ2n) is 8.85. The Bertz CT molecular complexity index is 1010. The molecule has 2 heterocycles. The van der Waals surface area contributed by atoms with Crippen molar-refractivity contribution in [2.45, 2.75) is 31.1 Å². The lowest BCUT2D eigenvalue weighted by molar-refractivity contribution is 0.248. The van der Waals surface area contributed by atoms with Crippen LogP contribution in [0.2, 0.25) is 0 Å². The Morgan fingerprint density at radius 1 is 0.906 bits per heavy atom. The number of rotatable bonds is 7. The second kappa shape index (κ2) is 9.66. The third kappa shape index (κ3) is 4.61. The fraction of sp³-hybridized carbons (Fsp3) is 0.357. The van der Waals surface area contributed by atoms with Gasteiger partial charge in [-0.2, -0.15) is 0 Å². The summed E-state index contributed by atoms with van der Waals surface area (Å²) < 4.78 is 12.1. The quantitative estimate of drug-likeness (QED) is 0.499. The number of fused-ring (bicyclic) bond motifs is 1. The molecule has 5 rings (SSSR count). The number of benzene rings is 3. The van der Waals surface area contributed by atoms with Gasteiger partial charge in [0.05, 0.1) is 13.2 Å². The lowest BCUT2D eigenvalue weighted by atomic mass is 9.76. The van der Waals surface area contributed by atoms with Crippen molar-refractivity contribution in [3.8, 4) is 17.2 Å². The van der Waals surface area contributed by atoms with Crippen LogP contribution in [0, 0.1) is 0 Å². The summed E-state index contributed by atoms with van der Waals surface area (Å²) in [5.41, 5.74) is 3.48. The van der Waals surface area contributed by atoms with Crippen LogP contribution >= 0.6 is 0 Å². The highest BCUT2D eigenvalue weighted by molar-refractivity contribution is 5.51. The van der Waals surface area contributed by atoms with E-state index in [0.29, 0.717) is 6.61 Å². The molecule has 4 heteroatoms. The monoisotopic (exact) mass is 429 g/mol. The van der Waals surface area contributed by atoms with Crippen LogP contribution in [-0.4, -0.2) is 42.9 Å². The molecule has 166 valence electrons. The zero-order chi connectivity index (χ0) is 21.8. The van der Waals surface area contributed by atoms with E-state index < -0.39 is 0 Å². The molecule has 1 fully saturated rings. The largest absolute Gasteiger partial charge is 0.508 e. The highest BCUT2D eigenvalue weighted by atomic mass is 16.5. The van der Waals surface area contributed by atoms with Crippen LogP contribution in [-0.2, 0) is 0 Å². The molecule has 3 aromatic rings. The van der Waals surface area contributed by atoms with Crippen LogP contribution in [0.15, 0.2) is 72.8 Å². The van der Waals surface area contributed by atoms with Gasteiger partial charge in [0.15, 0.2) is 0 Å². The van der Waals surface area contributed by atoms with Crippen molar-refractivity contribution in [1.82, 2.24) is 4.90 Å². The summed E-state index contributed by atoms with van der Waals surface area (Å²) >= 11 is 0. The fourth-order valence-corrected chi connectivity index (χ4v) is 5.06. The predicted octanol–water partition coefficient (Wildman–Crippen LogP) is 5.57. The number of phenols is 1. The van der Waals surface area contributed by atoms with Crippen LogP contribution in [0.25, 0.3) is 0 Å². The van der Waals surface area contributed by atoms with Gasteiger partial charge in [0, 0.05) is 23.9 Å². The Labute approximate surface area is 190 Å². The molecule has 0 unspecified atom stereocenters. The molecule has 0 aliphatic carbocycles. The minimum Gasteiger partial charge on any atom is -0.508 e. The maximum atomic E-state index is 10.2. The molecule has 4 nitrogen and oxygen atoms in total. The fourth-order valence-electron chi connectivity index (χ4n) is 5.06. The molecular weight excluding hydrogens is 398 g/mol. The van der Waals surface area contributed by atoms with E-state index >= 15 is 0 Å². The normalized spacial score (nSPS) is 20.5. The maximum absolute atomic E-state index is 10.2. The number of hydrogen-bond donors (Lipinski definition) is 1. The van der Waals surface area contributed by atoms with E-state index in [-0.39, 0.29) is 17.6 Å². The van der Waals surface area contributed by atoms with E-state index in [2.05, 4.69) is 53.4 Å². The summed E-state index contributed by atoms with van der Waals surface area (Å²) in [7, 11) is 0. The minimum atomic E-state index is 0.109. The van der Waals surface area contributed by atoms with Gasteiger partial charge in [-0.15, -0.1) is 0 Å². The average molecular weight is 430 g/mol. The van der Waals surface area contributed by atoms with Gasteiger partial charge in [0.1, 0.15) is 17.2 Å². The van der Waals surface area contributed by atoms with Gasteiger partial charge in [-0.1, -0.05) is 42.5 Å². The summed E-state index contributed by atoms with van der Waals surface area (Å²) in [5, 5.41) is 10.2. The highest BCUT2D eigenvalue weighted by Crippen LogP contribution is 2.47. The number of aromatic hydroxyl groups is 1. The maximum Gasteiger partial charge on any atom is 0.123 e. The Kier molecular flexibility index (Phi) is 6.31. The first-order valence-electron chi connectivity index (χ1n) is 11.7. The van der Waals surface area contributed by atoms with Gasteiger partial charge in [-0.25, -0.2) is 0 Å². The summed E-state index contributed by atoms with van der Waals surface area (Å²) in [6, 6.07) is 24.4. The Hall–Kier alpha value is -2.98. The summed E-state index contributed by atoms with van der Waals surface area (Å²) in [4.78, 5) is 2.52. The predicted molar refractivity (Wildman–Crippen MR) is 127 cm³/mol. The van der Waals surface area contributed by atoms with Crippen LogP contribution in [0.1, 0.15) is 47.8 Å². The average Bonchev–Trinajstić information content (AvgIpc) is 3.36. The van der Waals surface area contributed by atoms with Crippen LogP contribution in [0.3, 0.4) is 0 Å². The Morgan fingerprint density at radius 3 is 2.47 bits per heavy atom. The molecule has 2 aliphatic heterocycles. The molecule has 0 amide bonds. The molecule has 1 N–H and O–H groups in total. The van der Waals surface area contributed by atoms with E-state index in [1.807, 2.05) is 18.2 Å². The van der Waals surface area contributed by atoms with Crippen LogP contribution in [0.5, 0.6) is 17.2 Å². The van der Waals surface area contributed by atoms with Crippen molar-refractivity contribution in [3.05, 3.63) is 89.5 Å². The summed E-state index contributed by atoms with van der Waals surface area (Å²) in [6.45, 7) is 4.95. The van der Waals surface area contributed by atoms with Crippen molar-refractivity contribution in [2.75, 3.05) is 32.8 Å². The van der Waals surface area contributed by atoms with E-state index in [4.69, 9.17) is 9.47 Å². The Morgan fingerprint density at radius 2 is 1.69 bits per heavy atom. The third-order valence-corrected chi connectivity index (χ3v) is 6.70. The topological polar surface area (TPSA) is 41.9 Å². The van der Waals surface area contributed by atoms with Gasteiger partial charge in [-0.05, 0) is 73.8 Å². The molecule has 1 saturated heterocycles. The standard InChI is InChI=1S/C28H31NO3/c30-23-11-14-27-25(19-23)28(26(20-32-27)21-7-2-1-3-8-21)22-9-12-24(13-10-22)31-18-6-17-29-15-4-5-16-29/h1-3,7-14,19,26,28,30H,4-6,15-18,20H2/t26-,28+/m1/s1. The lowest BCUT2D eigenvalue weighted by Gasteiger charge is -2.34. The van der Waals surface area contributed by atoms with Crippen LogP contribution in [0.4, 0.5) is 0 Å². The smallest absolute Gasteiger partial charge is 0.123 e. The number of phenolic OH excluding ortho intramolecular Hbond substituents is 1. The van der Waals surface area contributed by atoms with Crippen molar-refractivity contribution in [3.63, 3.8) is 0 Å². The van der Waals surface area contributed by atoms with Gasteiger partial charge >= 0.3 is 0 Å².